The molecular weight excluding hydrogens is 362 g/mol. The minimum Gasteiger partial charge on any atom is -0.253 e. The van der Waals surface area contributed by atoms with Crippen molar-refractivity contribution in [1.82, 2.24) is 0 Å². The normalized spacial score (nSPS) is 12.4. The Morgan fingerprint density at radius 2 is 1.40 bits per heavy atom. The summed E-state index contributed by atoms with van der Waals surface area (Å²) in [5.41, 5.74) is 8.23. The van der Waals surface area contributed by atoms with E-state index in [-0.39, 0.29) is 0 Å². The van der Waals surface area contributed by atoms with Crippen LogP contribution in [0.4, 0.5) is 0 Å². The van der Waals surface area contributed by atoms with Gasteiger partial charge in [0, 0.05) is 11.3 Å². The second-order valence-electron chi connectivity index (χ2n) is 7.56. The highest BCUT2D eigenvalue weighted by Gasteiger charge is 2.08. The molecule has 0 saturated carbocycles. The van der Waals surface area contributed by atoms with E-state index < -0.39 is 0 Å². The van der Waals surface area contributed by atoms with Crippen molar-refractivity contribution in [1.29, 1.82) is 0 Å². The van der Waals surface area contributed by atoms with Crippen LogP contribution in [0, 0.1) is 6.92 Å². The van der Waals surface area contributed by atoms with E-state index in [1.54, 1.807) is 0 Å². The van der Waals surface area contributed by atoms with Crippen LogP contribution in [0.25, 0.3) is 27.6 Å². The topological polar surface area (TPSA) is 12.4 Å². The first-order valence-electron chi connectivity index (χ1n) is 10.6. The zero-order valence-corrected chi connectivity index (χ0v) is 17.9. The fourth-order valence-corrected chi connectivity index (χ4v) is 3.82. The van der Waals surface area contributed by atoms with Gasteiger partial charge in [-0.3, -0.25) is 4.99 Å². The number of hydrogen-bond donors (Lipinski definition) is 0. The van der Waals surface area contributed by atoms with E-state index in [0.717, 1.165) is 17.8 Å². The Bertz CT molecular complexity index is 1200. The molecule has 1 nitrogen and oxygen atoms in total. The van der Waals surface area contributed by atoms with Crippen LogP contribution in [0.3, 0.4) is 0 Å². The lowest BCUT2D eigenvalue weighted by Gasteiger charge is -2.11. The third kappa shape index (κ3) is 4.11. The molecule has 0 aromatic heterocycles. The Hall–Kier alpha value is -3.45. The SMILES string of the molecule is C/C=C(\N=C(/CC)c1ccc(-c2ccc(C)cc2)cc1)c1cccc2ccccc12. The summed E-state index contributed by atoms with van der Waals surface area (Å²) in [5.74, 6) is 0. The number of nitrogens with zero attached hydrogens (tertiary/aromatic N) is 1. The van der Waals surface area contributed by atoms with Gasteiger partial charge in [-0.2, -0.15) is 0 Å². The summed E-state index contributed by atoms with van der Waals surface area (Å²) in [6.07, 6.45) is 2.99. The molecule has 0 saturated heterocycles. The van der Waals surface area contributed by atoms with Gasteiger partial charge < -0.3 is 0 Å². The van der Waals surface area contributed by atoms with Gasteiger partial charge in [-0.15, -0.1) is 0 Å². The minimum absolute atomic E-state index is 0.881. The molecule has 0 atom stereocenters. The van der Waals surface area contributed by atoms with Crippen LogP contribution in [0.5, 0.6) is 0 Å². The molecule has 1 heteroatoms. The van der Waals surface area contributed by atoms with Crippen LogP contribution in [0.1, 0.15) is 37.0 Å². The smallest absolute Gasteiger partial charge is 0.0669 e. The highest BCUT2D eigenvalue weighted by Crippen LogP contribution is 2.27. The number of hydrogen-bond acceptors (Lipinski definition) is 1. The van der Waals surface area contributed by atoms with Gasteiger partial charge in [-0.1, -0.05) is 110 Å². The molecule has 0 aliphatic carbocycles. The van der Waals surface area contributed by atoms with Gasteiger partial charge in [0.15, 0.2) is 0 Å². The lowest BCUT2D eigenvalue weighted by atomic mass is 9.99. The van der Waals surface area contributed by atoms with Gasteiger partial charge in [-0.25, -0.2) is 0 Å². The summed E-state index contributed by atoms with van der Waals surface area (Å²) in [7, 11) is 0. The van der Waals surface area contributed by atoms with Crippen molar-refractivity contribution in [2.45, 2.75) is 27.2 Å². The summed E-state index contributed by atoms with van der Waals surface area (Å²) >= 11 is 0. The number of rotatable bonds is 5. The predicted octanol–water partition coefficient (Wildman–Crippen LogP) is 8.08. The summed E-state index contributed by atoms with van der Waals surface area (Å²) in [6, 6.07) is 32.4. The fourth-order valence-electron chi connectivity index (χ4n) is 3.82. The first-order valence-corrected chi connectivity index (χ1v) is 10.6. The van der Waals surface area contributed by atoms with Gasteiger partial charge in [0.1, 0.15) is 0 Å². The molecule has 0 radical (unpaired) electrons. The van der Waals surface area contributed by atoms with E-state index >= 15 is 0 Å². The number of allylic oxidation sites excluding steroid dienone is 1. The third-order valence-electron chi connectivity index (χ3n) is 5.53. The predicted molar refractivity (Wildman–Crippen MR) is 131 cm³/mol. The van der Waals surface area contributed by atoms with Crippen LogP contribution in [0.15, 0.2) is 102 Å². The van der Waals surface area contributed by atoms with Crippen molar-refractivity contribution in [2.24, 2.45) is 4.99 Å². The maximum Gasteiger partial charge on any atom is 0.0669 e. The Balaban J connectivity index is 1.69. The van der Waals surface area contributed by atoms with Crippen molar-refractivity contribution in [3.8, 4) is 11.1 Å². The quantitative estimate of drug-likeness (QED) is 0.306. The zero-order chi connectivity index (χ0) is 20.9. The zero-order valence-electron chi connectivity index (χ0n) is 17.9. The average Bonchev–Trinajstić information content (AvgIpc) is 2.80. The van der Waals surface area contributed by atoms with Gasteiger partial charge in [-0.05, 0) is 47.7 Å². The van der Waals surface area contributed by atoms with E-state index in [4.69, 9.17) is 4.99 Å². The van der Waals surface area contributed by atoms with Crippen LogP contribution in [-0.4, -0.2) is 5.71 Å². The minimum atomic E-state index is 0.881. The average molecular weight is 390 g/mol. The van der Waals surface area contributed by atoms with Crippen LogP contribution < -0.4 is 0 Å². The maximum absolute atomic E-state index is 5.10. The van der Waals surface area contributed by atoms with E-state index in [1.807, 2.05) is 0 Å². The monoisotopic (exact) mass is 389 g/mol. The van der Waals surface area contributed by atoms with Crippen molar-refractivity contribution < 1.29 is 0 Å². The van der Waals surface area contributed by atoms with Crippen molar-refractivity contribution >= 4 is 22.2 Å². The Morgan fingerprint density at radius 3 is 2.07 bits per heavy atom. The first-order chi connectivity index (χ1) is 14.7. The summed E-state index contributed by atoms with van der Waals surface area (Å²) in [5, 5.41) is 2.48. The second kappa shape index (κ2) is 8.92. The molecule has 30 heavy (non-hydrogen) atoms. The molecule has 0 N–H and O–H groups in total. The van der Waals surface area contributed by atoms with Crippen molar-refractivity contribution in [3.05, 3.63) is 114 Å². The summed E-state index contributed by atoms with van der Waals surface area (Å²) < 4.78 is 0. The molecule has 0 spiro atoms. The second-order valence-corrected chi connectivity index (χ2v) is 7.56. The lowest BCUT2D eigenvalue weighted by molar-refractivity contribution is 1.26. The molecule has 4 aromatic carbocycles. The Labute approximate surface area is 179 Å². The van der Waals surface area contributed by atoms with E-state index in [2.05, 4.69) is 118 Å². The number of aliphatic imine (C=N–C) groups is 1. The van der Waals surface area contributed by atoms with E-state index in [9.17, 15) is 0 Å². The fraction of sp³-hybridized carbons (Fsp3) is 0.138. The van der Waals surface area contributed by atoms with Crippen LogP contribution in [-0.2, 0) is 0 Å². The first kappa shape index (κ1) is 19.8. The highest BCUT2D eigenvalue weighted by molar-refractivity contribution is 6.05. The van der Waals surface area contributed by atoms with Gasteiger partial charge >= 0.3 is 0 Å². The molecule has 0 fully saturated rings. The van der Waals surface area contributed by atoms with Crippen molar-refractivity contribution in [2.75, 3.05) is 0 Å². The molecule has 4 aromatic rings. The number of benzene rings is 4. The Kier molecular flexibility index (Phi) is 5.90. The third-order valence-corrected chi connectivity index (χ3v) is 5.53. The van der Waals surface area contributed by atoms with E-state index in [0.29, 0.717) is 0 Å². The molecule has 0 bridgehead atoms. The van der Waals surface area contributed by atoms with E-state index in [1.165, 1.54) is 38.6 Å². The molecule has 0 unspecified atom stereocenters. The Morgan fingerprint density at radius 1 is 0.767 bits per heavy atom. The molecule has 0 heterocycles. The van der Waals surface area contributed by atoms with Gasteiger partial charge in [0.2, 0.25) is 0 Å². The highest BCUT2D eigenvalue weighted by atomic mass is 14.8. The molecule has 0 aliphatic heterocycles. The summed E-state index contributed by atoms with van der Waals surface area (Å²) in [6.45, 7) is 6.35. The standard InChI is InChI=1S/C29H27N/c1-4-28(25-19-17-23(18-20-25)22-15-13-21(3)14-16-22)30-29(5-2)27-12-8-10-24-9-6-7-11-26(24)27/h5-20H,4H2,1-3H3/b29-5-,30-28+. The van der Waals surface area contributed by atoms with Crippen molar-refractivity contribution in [3.63, 3.8) is 0 Å². The molecule has 148 valence electrons. The molecular formula is C29H27N. The lowest BCUT2D eigenvalue weighted by Crippen LogP contribution is -2.00. The van der Waals surface area contributed by atoms with Gasteiger partial charge in [0.25, 0.3) is 0 Å². The van der Waals surface area contributed by atoms with Gasteiger partial charge in [0.05, 0.1) is 5.70 Å². The molecule has 0 amide bonds. The number of fused-ring (bicyclic) bond motifs is 1. The van der Waals surface area contributed by atoms with Crippen LogP contribution >= 0.6 is 0 Å². The number of aryl methyl sites for hydroxylation is 1. The molecule has 0 aliphatic rings. The molecule has 4 rings (SSSR count). The maximum atomic E-state index is 5.10. The summed E-state index contributed by atoms with van der Waals surface area (Å²) in [4.78, 5) is 5.10. The largest absolute Gasteiger partial charge is 0.253 e. The van der Waals surface area contributed by atoms with Crippen LogP contribution in [0.2, 0.25) is 0 Å².